The number of rotatable bonds is 9. The number of allylic oxidation sites excluding steroid dienone is 1. The molecule has 2 fully saturated rings. The average molecular weight is 505 g/mol. The molecular weight excluding hydrogens is 468 g/mol. The van der Waals surface area contributed by atoms with E-state index >= 15 is 0 Å². The van der Waals surface area contributed by atoms with Gasteiger partial charge in [-0.05, 0) is 43.1 Å². The predicted molar refractivity (Wildman–Crippen MR) is 141 cm³/mol. The van der Waals surface area contributed by atoms with Gasteiger partial charge in [-0.3, -0.25) is 14.5 Å². The van der Waals surface area contributed by atoms with E-state index in [0.29, 0.717) is 43.0 Å². The third-order valence-corrected chi connectivity index (χ3v) is 7.42. The topological polar surface area (TPSA) is 74.3 Å². The van der Waals surface area contributed by atoms with Crippen LogP contribution in [0.1, 0.15) is 39.9 Å². The Morgan fingerprint density at radius 1 is 1.11 bits per heavy atom. The lowest BCUT2D eigenvalue weighted by Gasteiger charge is -2.31. The standard InChI is InChI=1S/C29H36N4O4/c1-21-6-11-26(28(34)30-21)33-19-25-24(29(33)35)4-3-5-27(25)37-20-23-9-7-22(8-10-23)18-31(2)12-13-32-14-16-36-17-15-32/h3-5,7-10,26H,1,6,11-20H2,2H3,(H,30,34). The summed E-state index contributed by atoms with van der Waals surface area (Å²) in [7, 11) is 2.16. The highest BCUT2D eigenvalue weighted by Crippen LogP contribution is 2.34. The summed E-state index contributed by atoms with van der Waals surface area (Å²) in [5, 5.41) is 2.78. The minimum atomic E-state index is -0.474. The number of carbonyl (C=O) groups excluding carboxylic acids is 2. The number of ether oxygens (including phenoxy) is 2. The molecule has 8 heteroatoms. The van der Waals surface area contributed by atoms with Gasteiger partial charge in [0.2, 0.25) is 5.91 Å². The van der Waals surface area contributed by atoms with Crippen LogP contribution in [0.25, 0.3) is 0 Å². The molecule has 0 spiro atoms. The molecule has 2 saturated heterocycles. The van der Waals surface area contributed by atoms with E-state index in [0.717, 1.165) is 57.1 Å². The fraction of sp³-hybridized carbons (Fsp3) is 0.448. The second-order valence-electron chi connectivity index (χ2n) is 10.2. The number of amides is 2. The molecule has 37 heavy (non-hydrogen) atoms. The molecule has 2 amide bonds. The average Bonchev–Trinajstić information content (AvgIpc) is 3.24. The van der Waals surface area contributed by atoms with Crippen LogP contribution in [0.3, 0.4) is 0 Å². The van der Waals surface area contributed by atoms with Gasteiger partial charge in [0.1, 0.15) is 18.4 Å². The zero-order chi connectivity index (χ0) is 25.8. The Morgan fingerprint density at radius 3 is 2.62 bits per heavy atom. The summed E-state index contributed by atoms with van der Waals surface area (Å²) < 4.78 is 11.6. The molecule has 3 heterocycles. The van der Waals surface area contributed by atoms with Crippen LogP contribution >= 0.6 is 0 Å². The van der Waals surface area contributed by atoms with Crippen LogP contribution in [-0.2, 0) is 29.2 Å². The molecule has 0 bridgehead atoms. The Morgan fingerprint density at radius 2 is 1.86 bits per heavy atom. The maximum atomic E-state index is 13.1. The van der Waals surface area contributed by atoms with Crippen LogP contribution < -0.4 is 10.1 Å². The molecule has 1 unspecified atom stereocenters. The molecule has 5 rings (SSSR count). The number of nitrogens with one attached hydrogen (secondary N) is 1. The Bertz CT molecular complexity index is 1140. The van der Waals surface area contributed by atoms with Gasteiger partial charge in [0, 0.05) is 49.5 Å². The van der Waals surface area contributed by atoms with Crippen molar-refractivity contribution >= 4 is 11.8 Å². The van der Waals surface area contributed by atoms with Gasteiger partial charge in [0.05, 0.1) is 19.8 Å². The van der Waals surface area contributed by atoms with Crippen molar-refractivity contribution < 1.29 is 19.1 Å². The van der Waals surface area contributed by atoms with Gasteiger partial charge >= 0.3 is 0 Å². The monoisotopic (exact) mass is 504 g/mol. The van der Waals surface area contributed by atoms with Crippen molar-refractivity contribution in [3.63, 3.8) is 0 Å². The van der Waals surface area contributed by atoms with Gasteiger partial charge in [-0.1, -0.05) is 36.9 Å². The van der Waals surface area contributed by atoms with E-state index in [1.165, 1.54) is 5.56 Å². The predicted octanol–water partition coefficient (Wildman–Crippen LogP) is 2.78. The van der Waals surface area contributed by atoms with Gasteiger partial charge < -0.3 is 24.6 Å². The molecule has 2 aromatic carbocycles. The molecule has 8 nitrogen and oxygen atoms in total. The number of hydrogen-bond donors (Lipinski definition) is 1. The minimum Gasteiger partial charge on any atom is -0.489 e. The van der Waals surface area contributed by atoms with Crippen LogP contribution in [0.5, 0.6) is 5.75 Å². The highest BCUT2D eigenvalue weighted by molar-refractivity contribution is 6.02. The van der Waals surface area contributed by atoms with Crippen LogP contribution in [-0.4, -0.2) is 79.0 Å². The Hall–Kier alpha value is -3.20. The lowest BCUT2D eigenvalue weighted by atomic mass is 10.0. The minimum absolute atomic E-state index is 0.116. The van der Waals surface area contributed by atoms with Gasteiger partial charge in [-0.25, -0.2) is 0 Å². The second-order valence-corrected chi connectivity index (χ2v) is 10.2. The van der Waals surface area contributed by atoms with Gasteiger partial charge in [-0.15, -0.1) is 0 Å². The molecule has 0 saturated carbocycles. The number of fused-ring (bicyclic) bond motifs is 1. The molecule has 2 aromatic rings. The van der Waals surface area contributed by atoms with Crippen molar-refractivity contribution in [1.29, 1.82) is 0 Å². The molecular formula is C29H36N4O4. The normalized spacial score (nSPS) is 20.3. The summed E-state index contributed by atoms with van der Waals surface area (Å²) in [6.45, 7) is 11.3. The van der Waals surface area contributed by atoms with Gasteiger partial charge in [0.25, 0.3) is 5.91 Å². The van der Waals surface area contributed by atoms with E-state index in [1.54, 1.807) is 4.90 Å². The van der Waals surface area contributed by atoms with Crippen molar-refractivity contribution in [3.05, 3.63) is 77.0 Å². The number of piperidine rings is 1. The van der Waals surface area contributed by atoms with Gasteiger partial charge in [-0.2, -0.15) is 0 Å². The number of nitrogens with zero attached hydrogens (tertiary/aromatic N) is 3. The Labute approximate surface area is 218 Å². The third-order valence-electron chi connectivity index (χ3n) is 7.42. The molecule has 0 aromatic heterocycles. The van der Waals surface area contributed by atoms with Crippen molar-refractivity contribution in [1.82, 2.24) is 20.0 Å². The van der Waals surface area contributed by atoms with Crippen molar-refractivity contribution in [2.24, 2.45) is 0 Å². The summed E-state index contributed by atoms with van der Waals surface area (Å²) in [6, 6.07) is 13.6. The van der Waals surface area contributed by atoms with Crippen LogP contribution in [0, 0.1) is 0 Å². The van der Waals surface area contributed by atoms with Crippen molar-refractivity contribution in [3.8, 4) is 5.75 Å². The summed E-state index contributed by atoms with van der Waals surface area (Å²) in [5.74, 6) is 0.419. The van der Waals surface area contributed by atoms with E-state index in [9.17, 15) is 9.59 Å². The first-order valence-electron chi connectivity index (χ1n) is 13.1. The first-order chi connectivity index (χ1) is 18.0. The first kappa shape index (κ1) is 25.4. The lowest BCUT2D eigenvalue weighted by molar-refractivity contribution is -0.126. The molecule has 0 aliphatic carbocycles. The second kappa shape index (κ2) is 11.5. The zero-order valence-electron chi connectivity index (χ0n) is 21.6. The summed E-state index contributed by atoms with van der Waals surface area (Å²) in [6.07, 6.45) is 1.27. The van der Waals surface area contributed by atoms with Crippen LogP contribution in [0.2, 0.25) is 0 Å². The molecule has 0 radical (unpaired) electrons. The first-order valence-corrected chi connectivity index (χ1v) is 13.1. The quantitative estimate of drug-likeness (QED) is 0.566. The SMILES string of the molecule is C=C1CCC(N2Cc3c(OCc4ccc(CN(C)CCN5CCOCC5)cc4)cccc3C2=O)C(=O)N1. The highest BCUT2D eigenvalue weighted by atomic mass is 16.5. The smallest absolute Gasteiger partial charge is 0.255 e. The summed E-state index contributed by atoms with van der Waals surface area (Å²) in [4.78, 5) is 32.0. The molecule has 1 N–H and O–H groups in total. The van der Waals surface area contributed by atoms with Crippen molar-refractivity contribution in [2.75, 3.05) is 46.4 Å². The number of hydrogen-bond acceptors (Lipinski definition) is 6. The summed E-state index contributed by atoms with van der Waals surface area (Å²) in [5.41, 5.74) is 4.51. The van der Waals surface area contributed by atoms with E-state index in [1.807, 2.05) is 18.2 Å². The summed E-state index contributed by atoms with van der Waals surface area (Å²) >= 11 is 0. The molecule has 3 aliphatic rings. The van der Waals surface area contributed by atoms with Crippen LogP contribution in [0.4, 0.5) is 0 Å². The van der Waals surface area contributed by atoms with E-state index in [4.69, 9.17) is 9.47 Å². The fourth-order valence-electron chi connectivity index (χ4n) is 5.20. The van der Waals surface area contributed by atoms with E-state index < -0.39 is 6.04 Å². The molecule has 3 aliphatic heterocycles. The maximum absolute atomic E-state index is 13.1. The molecule has 1 atom stereocenters. The Balaban J connectivity index is 1.15. The van der Waals surface area contributed by atoms with E-state index in [2.05, 4.69) is 53.0 Å². The zero-order valence-corrected chi connectivity index (χ0v) is 21.6. The van der Waals surface area contributed by atoms with Crippen LogP contribution in [0.15, 0.2) is 54.7 Å². The number of morpholine rings is 1. The lowest BCUT2D eigenvalue weighted by Crippen LogP contribution is -2.49. The Kier molecular flexibility index (Phi) is 7.88. The van der Waals surface area contributed by atoms with E-state index in [-0.39, 0.29) is 11.8 Å². The fourth-order valence-corrected chi connectivity index (χ4v) is 5.20. The third kappa shape index (κ3) is 6.04. The number of likely N-dealkylation sites (N-methyl/N-ethyl adjacent to an activating group) is 1. The maximum Gasteiger partial charge on any atom is 0.255 e. The van der Waals surface area contributed by atoms with Gasteiger partial charge in [0.15, 0.2) is 0 Å². The number of carbonyl (C=O) groups is 2. The van der Waals surface area contributed by atoms with Crippen molar-refractivity contribution in [2.45, 2.75) is 38.6 Å². The molecule has 196 valence electrons. The highest BCUT2D eigenvalue weighted by Gasteiger charge is 2.39. The number of benzene rings is 2. The largest absolute Gasteiger partial charge is 0.489 e.